The van der Waals surface area contributed by atoms with Crippen molar-refractivity contribution in [2.24, 2.45) is 86.3 Å². The van der Waals surface area contributed by atoms with Gasteiger partial charge < -0.3 is 14.8 Å². The third-order valence-electron chi connectivity index (χ3n) is 17.5. The summed E-state index contributed by atoms with van der Waals surface area (Å²) in [5.74, 6) is 8.30. The van der Waals surface area contributed by atoms with Crippen LogP contribution >= 0.6 is 0 Å². The lowest BCUT2D eigenvalue weighted by molar-refractivity contribution is -0.164. The van der Waals surface area contributed by atoms with Crippen LogP contribution in [0.3, 0.4) is 0 Å². The van der Waals surface area contributed by atoms with Crippen LogP contribution < -0.4 is 5.32 Å². The number of ether oxygens (including phenoxy) is 2. The summed E-state index contributed by atoms with van der Waals surface area (Å²) in [4.78, 5) is 0. The zero-order chi connectivity index (χ0) is 41.7. The number of hydrogen-bond donors (Lipinski definition) is 1. The molecule has 324 valence electrons. The minimum Gasteiger partial charge on any atom is -0.381 e. The summed E-state index contributed by atoms with van der Waals surface area (Å²) in [6, 6.07) is 0. The molecule has 0 atom stereocenters. The van der Waals surface area contributed by atoms with E-state index in [9.17, 15) is 0 Å². The predicted molar refractivity (Wildman–Crippen MR) is 241 cm³/mol. The Balaban J connectivity index is 0.000000339. The van der Waals surface area contributed by atoms with Gasteiger partial charge >= 0.3 is 0 Å². The van der Waals surface area contributed by atoms with Gasteiger partial charge in [0.15, 0.2) is 0 Å². The van der Waals surface area contributed by atoms with Gasteiger partial charge in [-0.15, -0.1) is 0 Å². The second-order valence-corrected chi connectivity index (χ2v) is 22.3. The Kier molecular flexibility index (Phi) is 22.0. The zero-order valence-electron chi connectivity index (χ0n) is 40.9. The fraction of sp³-hybridized carbons (Fsp3) is 1.00. The van der Waals surface area contributed by atoms with E-state index in [2.05, 4.69) is 144 Å². The Hall–Kier alpha value is -0.120. The summed E-state index contributed by atoms with van der Waals surface area (Å²) >= 11 is 0. The van der Waals surface area contributed by atoms with Crippen LogP contribution in [0.1, 0.15) is 203 Å². The molecule has 3 nitrogen and oxygen atoms in total. The first-order valence-electron chi connectivity index (χ1n) is 23.8. The Labute approximate surface area is 342 Å². The maximum atomic E-state index is 5.43. The summed E-state index contributed by atoms with van der Waals surface area (Å²) in [7, 11) is 0. The standard InChI is InChI=1S/C12H24.C11H22O.C10H21N.C9H18O.C9H18/c1-10(2)12(11(3)4)8-6-5-7-9-12;1-9(2)11(10(3)4)5-7-12-8-6-11;1-8(2)10(9(3)4)5-6-11-7-10;1-7(2)9(8(3)4)5-10-6-9;1-7(2)9(5-6-9)8(3)4/h10-11H,5-9H2,1-4H3;9-10H,5-8H2,1-4H3;8-9,11H,5-7H2,1-4H3;7-8H,5-6H2,1-4H3;7-8H,5-6H2,1-4H3. The van der Waals surface area contributed by atoms with Crippen LogP contribution in [0.5, 0.6) is 0 Å². The summed E-state index contributed by atoms with van der Waals surface area (Å²) in [5.41, 5.74) is 3.07. The molecule has 5 aliphatic rings. The molecule has 0 unspecified atom stereocenters. The maximum Gasteiger partial charge on any atom is 0.0549 e. The normalized spacial score (nSPS) is 23.4. The van der Waals surface area contributed by atoms with Gasteiger partial charge in [-0.05, 0) is 132 Å². The summed E-state index contributed by atoms with van der Waals surface area (Å²) in [5, 5.41) is 3.48. The first kappa shape index (κ1) is 51.9. The molecule has 0 radical (unpaired) electrons. The maximum absolute atomic E-state index is 5.43. The molecular formula is C51H103NO2. The van der Waals surface area contributed by atoms with Crippen molar-refractivity contribution < 1.29 is 9.47 Å². The summed E-state index contributed by atoms with van der Waals surface area (Å²) in [6.07, 6.45) is 14.2. The molecule has 1 N–H and O–H groups in total. The lowest BCUT2D eigenvalue weighted by Crippen LogP contribution is -2.50. The van der Waals surface area contributed by atoms with Gasteiger partial charge in [0, 0.05) is 25.2 Å². The molecule has 0 aromatic rings. The van der Waals surface area contributed by atoms with E-state index in [-0.39, 0.29) is 0 Å². The molecule has 0 spiro atoms. The van der Waals surface area contributed by atoms with Crippen molar-refractivity contribution in [2.45, 2.75) is 203 Å². The van der Waals surface area contributed by atoms with E-state index in [0.29, 0.717) is 21.7 Å². The average molecular weight is 762 g/mol. The van der Waals surface area contributed by atoms with Crippen LogP contribution in [0, 0.1) is 86.3 Å². The molecule has 3 heterocycles. The van der Waals surface area contributed by atoms with Gasteiger partial charge in [0.1, 0.15) is 0 Å². The molecule has 3 heteroatoms. The van der Waals surface area contributed by atoms with Gasteiger partial charge in [-0.3, -0.25) is 0 Å². The first-order chi connectivity index (χ1) is 25.0. The lowest BCUT2D eigenvalue weighted by atomic mass is 9.61. The highest BCUT2D eigenvalue weighted by atomic mass is 16.5. The Morgan fingerprint density at radius 2 is 0.630 bits per heavy atom. The summed E-state index contributed by atoms with van der Waals surface area (Å²) < 4.78 is 10.7. The van der Waals surface area contributed by atoms with Crippen molar-refractivity contribution in [1.82, 2.24) is 5.32 Å². The number of hydrogen-bond acceptors (Lipinski definition) is 3. The molecule has 3 saturated heterocycles. The SMILES string of the molecule is CC(C)C1(C(C)C)CC1.CC(C)C1(C(C)C)CCCCC1.CC(C)C1(C(C)C)CCNC1.CC(C)C1(C(C)C)CCOCC1.CC(C)C1(C(C)C)COC1. The van der Waals surface area contributed by atoms with Gasteiger partial charge in [0.25, 0.3) is 0 Å². The Bertz CT molecular complexity index is 875. The fourth-order valence-corrected chi connectivity index (χ4v) is 11.6. The second-order valence-electron chi connectivity index (χ2n) is 22.3. The lowest BCUT2D eigenvalue weighted by Gasteiger charge is -2.48. The largest absolute Gasteiger partial charge is 0.381 e. The van der Waals surface area contributed by atoms with Gasteiger partial charge in [-0.2, -0.15) is 0 Å². The van der Waals surface area contributed by atoms with Crippen LogP contribution in [-0.2, 0) is 9.47 Å². The Morgan fingerprint density at radius 3 is 0.778 bits per heavy atom. The summed E-state index contributed by atoms with van der Waals surface area (Å²) in [6.45, 7) is 53.4. The van der Waals surface area contributed by atoms with Crippen LogP contribution in [0.4, 0.5) is 0 Å². The van der Waals surface area contributed by atoms with E-state index < -0.39 is 0 Å². The van der Waals surface area contributed by atoms with Crippen LogP contribution in [0.2, 0.25) is 0 Å². The van der Waals surface area contributed by atoms with Crippen molar-refractivity contribution in [3.8, 4) is 0 Å². The van der Waals surface area contributed by atoms with Crippen molar-refractivity contribution >= 4 is 0 Å². The highest BCUT2D eigenvalue weighted by Gasteiger charge is 2.47. The van der Waals surface area contributed by atoms with E-state index >= 15 is 0 Å². The van der Waals surface area contributed by atoms with Gasteiger partial charge in [-0.25, -0.2) is 0 Å². The van der Waals surface area contributed by atoms with E-state index in [1.54, 1.807) is 0 Å². The van der Waals surface area contributed by atoms with Crippen LogP contribution in [0.15, 0.2) is 0 Å². The molecule has 0 amide bonds. The van der Waals surface area contributed by atoms with Crippen molar-refractivity contribution in [3.63, 3.8) is 0 Å². The van der Waals surface area contributed by atoms with Crippen LogP contribution in [-0.4, -0.2) is 39.5 Å². The minimum atomic E-state index is 0.500. The van der Waals surface area contributed by atoms with Crippen molar-refractivity contribution in [1.29, 1.82) is 0 Å². The molecule has 0 bridgehead atoms. The molecule has 0 aromatic carbocycles. The smallest absolute Gasteiger partial charge is 0.0549 e. The van der Waals surface area contributed by atoms with Crippen molar-refractivity contribution in [2.75, 3.05) is 39.5 Å². The highest BCUT2D eigenvalue weighted by molar-refractivity contribution is 4.97. The predicted octanol–water partition coefficient (Wildman–Crippen LogP) is 15.0. The molecule has 2 aliphatic carbocycles. The number of rotatable bonds is 10. The van der Waals surface area contributed by atoms with Crippen LogP contribution in [0.25, 0.3) is 0 Å². The highest BCUT2D eigenvalue weighted by Crippen LogP contribution is 2.57. The quantitative estimate of drug-likeness (QED) is 0.240. The van der Waals surface area contributed by atoms with Crippen molar-refractivity contribution in [3.05, 3.63) is 0 Å². The fourth-order valence-electron chi connectivity index (χ4n) is 11.6. The van der Waals surface area contributed by atoms with E-state index in [1.165, 1.54) is 77.3 Å². The Morgan fingerprint density at radius 1 is 0.315 bits per heavy atom. The third-order valence-corrected chi connectivity index (χ3v) is 17.5. The first-order valence-corrected chi connectivity index (χ1v) is 23.8. The molecule has 2 saturated carbocycles. The molecule has 54 heavy (non-hydrogen) atoms. The second kappa shape index (κ2) is 22.9. The van der Waals surface area contributed by atoms with Gasteiger partial charge in [0.2, 0.25) is 0 Å². The monoisotopic (exact) mass is 762 g/mol. The molecular weight excluding hydrogens is 659 g/mol. The third kappa shape index (κ3) is 12.9. The van der Waals surface area contributed by atoms with E-state index in [1.807, 2.05) is 0 Å². The molecule has 5 rings (SSSR count). The number of nitrogens with one attached hydrogen (secondary N) is 1. The average Bonchev–Trinajstić information content (AvgIpc) is 3.75. The molecule has 5 fully saturated rings. The van der Waals surface area contributed by atoms with Gasteiger partial charge in [-0.1, -0.05) is 158 Å². The topological polar surface area (TPSA) is 30.5 Å². The van der Waals surface area contributed by atoms with Gasteiger partial charge in [0.05, 0.1) is 13.2 Å². The molecule has 3 aliphatic heterocycles. The molecule has 0 aromatic heterocycles. The minimum absolute atomic E-state index is 0.500. The van der Waals surface area contributed by atoms with E-state index in [4.69, 9.17) is 9.47 Å². The van der Waals surface area contributed by atoms with E-state index in [0.717, 1.165) is 91.0 Å². The zero-order valence-corrected chi connectivity index (χ0v) is 40.9.